The Labute approximate surface area is 143 Å². The third-order valence-electron chi connectivity index (χ3n) is 5.11. The molecule has 3 aliphatic rings. The van der Waals surface area contributed by atoms with E-state index >= 15 is 0 Å². The first kappa shape index (κ1) is 14.8. The Bertz CT molecular complexity index is 745. The molecular weight excluding hydrogens is 358 g/mol. The molecule has 0 bridgehead atoms. The third-order valence-corrected chi connectivity index (χ3v) is 5.60. The maximum Gasteiger partial charge on any atom is 0.250 e. The second-order valence-corrected chi connectivity index (χ2v) is 7.17. The summed E-state index contributed by atoms with van der Waals surface area (Å²) >= 11 is 3.50. The number of amides is 2. The quantitative estimate of drug-likeness (QED) is 0.832. The molecule has 0 saturated carbocycles. The molecule has 1 fully saturated rings. The number of carbonyl (C=O) groups excluding carboxylic acids is 2. The van der Waals surface area contributed by atoms with Crippen LogP contribution in [0.1, 0.15) is 25.3 Å². The standard InChI is InChI=1S/C17H18BrN3O2/c1-2-19-15(22)12-9-21-7-3-4-14(21)17(12)11-8-10(18)5-6-13(11)20-16(17)23/h5-6,8-9,14H,2-4,7H2,1H3,(H,19,22)(H,20,23). The van der Waals surface area contributed by atoms with Gasteiger partial charge in [0.25, 0.3) is 0 Å². The fourth-order valence-corrected chi connectivity index (χ4v) is 4.60. The van der Waals surface area contributed by atoms with Gasteiger partial charge in [-0.15, -0.1) is 0 Å². The van der Waals surface area contributed by atoms with E-state index in [1.54, 1.807) is 0 Å². The average Bonchev–Trinajstić information content (AvgIpc) is 3.15. The summed E-state index contributed by atoms with van der Waals surface area (Å²) in [5, 5.41) is 5.86. The molecule has 1 aromatic carbocycles. The average molecular weight is 376 g/mol. The summed E-state index contributed by atoms with van der Waals surface area (Å²) in [7, 11) is 0. The predicted octanol–water partition coefficient (Wildman–Crippen LogP) is 2.14. The Balaban J connectivity index is 1.93. The molecule has 1 spiro atoms. The van der Waals surface area contributed by atoms with Crippen molar-refractivity contribution in [3.8, 4) is 0 Å². The number of nitrogens with zero attached hydrogens (tertiary/aromatic N) is 1. The van der Waals surface area contributed by atoms with Crippen LogP contribution in [0.25, 0.3) is 0 Å². The first-order chi connectivity index (χ1) is 11.1. The SMILES string of the molecule is CCNC(=O)C1=CN2CCCC2C12C(=O)Nc1ccc(Br)cc12. The summed E-state index contributed by atoms with van der Waals surface area (Å²) < 4.78 is 0.916. The highest BCUT2D eigenvalue weighted by atomic mass is 79.9. The van der Waals surface area contributed by atoms with Gasteiger partial charge in [-0.25, -0.2) is 0 Å². The van der Waals surface area contributed by atoms with Gasteiger partial charge in [-0.05, 0) is 43.5 Å². The molecule has 0 radical (unpaired) electrons. The molecular formula is C17H18BrN3O2. The molecule has 2 N–H and O–H groups in total. The van der Waals surface area contributed by atoms with E-state index in [9.17, 15) is 9.59 Å². The first-order valence-corrected chi connectivity index (χ1v) is 8.76. The second kappa shape index (κ2) is 5.09. The zero-order chi connectivity index (χ0) is 16.2. The Morgan fingerprint density at radius 2 is 2.35 bits per heavy atom. The Morgan fingerprint density at radius 3 is 3.13 bits per heavy atom. The summed E-state index contributed by atoms with van der Waals surface area (Å²) in [5.74, 6) is -0.234. The van der Waals surface area contributed by atoms with E-state index < -0.39 is 5.41 Å². The van der Waals surface area contributed by atoms with E-state index in [0.717, 1.165) is 35.1 Å². The van der Waals surface area contributed by atoms with Crippen molar-refractivity contribution < 1.29 is 9.59 Å². The lowest BCUT2D eigenvalue weighted by Crippen LogP contribution is -2.49. The number of rotatable bonds is 2. The third kappa shape index (κ3) is 1.84. The summed E-state index contributed by atoms with van der Waals surface area (Å²) in [5.41, 5.74) is 1.39. The number of fused-ring (bicyclic) bond motifs is 4. The minimum atomic E-state index is -0.894. The van der Waals surface area contributed by atoms with E-state index in [4.69, 9.17) is 0 Å². The van der Waals surface area contributed by atoms with Crippen LogP contribution in [0.3, 0.4) is 0 Å². The van der Waals surface area contributed by atoms with Crippen molar-refractivity contribution >= 4 is 33.4 Å². The number of halogens is 1. The van der Waals surface area contributed by atoms with Crippen LogP contribution in [0.2, 0.25) is 0 Å². The molecule has 0 aliphatic carbocycles. The monoisotopic (exact) mass is 375 g/mol. The van der Waals surface area contributed by atoms with Crippen LogP contribution >= 0.6 is 15.9 Å². The second-order valence-electron chi connectivity index (χ2n) is 6.25. The number of carbonyl (C=O) groups is 2. The fourth-order valence-electron chi connectivity index (χ4n) is 4.24. The smallest absolute Gasteiger partial charge is 0.250 e. The lowest BCUT2D eigenvalue weighted by atomic mass is 9.70. The molecule has 3 heterocycles. The van der Waals surface area contributed by atoms with E-state index in [-0.39, 0.29) is 17.9 Å². The lowest BCUT2D eigenvalue weighted by Gasteiger charge is -2.32. The van der Waals surface area contributed by atoms with Crippen LogP contribution in [0.5, 0.6) is 0 Å². The zero-order valence-electron chi connectivity index (χ0n) is 12.9. The summed E-state index contributed by atoms with van der Waals surface area (Å²) in [4.78, 5) is 27.9. The number of nitrogens with one attached hydrogen (secondary N) is 2. The van der Waals surface area contributed by atoms with Gasteiger partial charge in [-0.3, -0.25) is 9.59 Å². The zero-order valence-corrected chi connectivity index (χ0v) is 14.4. The van der Waals surface area contributed by atoms with Crippen molar-refractivity contribution in [3.05, 3.63) is 40.0 Å². The number of benzene rings is 1. The summed E-state index contributed by atoms with van der Waals surface area (Å²) in [6.45, 7) is 3.33. The number of likely N-dealkylation sites (N-methyl/N-ethyl adjacent to an activating group) is 1. The molecule has 5 nitrogen and oxygen atoms in total. The van der Waals surface area contributed by atoms with E-state index in [2.05, 4.69) is 31.5 Å². The van der Waals surface area contributed by atoms with Gasteiger partial charge in [0, 0.05) is 29.4 Å². The molecule has 120 valence electrons. The van der Waals surface area contributed by atoms with Crippen LogP contribution in [0, 0.1) is 0 Å². The Morgan fingerprint density at radius 1 is 1.52 bits per heavy atom. The molecule has 1 aromatic rings. The maximum absolute atomic E-state index is 13.1. The summed E-state index contributed by atoms with van der Waals surface area (Å²) in [6.07, 6.45) is 3.86. The van der Waals surface area contributed by atoms with Crippen LogP contribution in [0.15, 0.2) is 34.4 Å². The fraction of sp³-hybridized carbons (Fsp3) is 0.412. The molecule has 23 heavy (non-hydrogen) atoms. The first-order valence-electron chi connectivity index (χ1n) is 7.96. The van der Waals surface area contributed by atoms with Gasteiger partial charge in [-0.1, -0.05) is 15.9 Å². The van der Waals surface area contributed by atoms with Crippen molar-refractivity contribution in [1.29, 1.82) is 0 Å². The molecule has 3 aliphatic heterocycles. The van der Waals surface area contributed by atoms with E-state index in [0.29, 0.717) is 12.1 Å². The minimum Gasteiger partial charge on any atom is -0.372 e. The topological polar surface area (TPSA) is 61.4 Å². The van der Waals surface area contributed by atoms with Gasteiger partial charge in [0.2, 0.25) is 11.8 Å². The van der Waals surface area contributed by atoms with Gasteiger partial charge >= 0.3 is 0 Å². The van der Waals surface area contributed by atoms with Gasteiger partial charge < -0.3 is 15.5 Å². The highest BCUT2D eigenvalue weighted by Crippen LogP contribution is 2.53. The normalized spacial score (nSPS) is 27.7. The van der Waals surface area contributed by atoms with Gasteiger partial charge in [-0.2, -0.15) is 0 Å². The highest BCUT2D eigenvalue weighted by molar-refractivity contribution is 9.10. The van der Waals surface area contributed by atoms with E-state index in [1.807, 2.05) is 31.3 Å². The molecule has 0 aromatic heterocycles. The lowest BCUT2D eigenvalue weighted by molar-refractivity contribution is -0.124. The number of anilines is 1. The predicted molar refractivity (Wildman–Crippen MR) is 90.9 cm³/mol. The van der Waals surface area contributed by atoms with E-state index in [1.165, 1.54) is 0 Å². The van der Waals surface area contributed by atoms with Gasteiger partial charge in [0.05, 0.1) is 11.6 Å². The molecule has 6 heteroatoms. The Hall–Kier alpha value is -1.82. The summed E-state index contributed by atoms with van der Waals surface area (Å²) in [6, 6.07) is 5.81. The van der Waals surface area contributed by atoms with Crippen LogP contribution in [-0.2, 0) is 15.0 Å². The van der Waals surface area contributed by atoms with Crippen molar-refractivity contribution in [2.75, 3.05) is 18.4 Å². The Kier molecular flexibility index (Phi) is 3.27. The van der Waals surface area contributed by atoms with Crippen molar-refractivity contribution in [2.24, 2.45) is 0 Å². The largest absolute Gasteiger partial charge is 0.372 e. The van der Waals surface area contributed by atoms with Crippen LogP contribution < -0.4 is 10.6 Å². The van der Waals surface area contributed by atoms with Gasteiger partial charge in [0.15, 0.2) is 0 Å². The van der Waals surface area contributed by atoms with Gasteiger partial charge in [0.1, 0.15) is 5.41 Å². The molecule has 1 saturated heterocycles. The minimum absolute atomic E-state index is 0.0238. The molecule has 4 rings (SSSR count). The van der Waals surface area contributed by atoms with Crippen molar-refractivity contribution in [3.63, 3.8) is 0 Å². The maximum atomic E-state index is 13.1. The molecule has 2 atom stereocenters. The molecule has 2 unspecified atom stereocenters. The van der Waals surface area contributed by atoms with Crippen molar-refractivity contribution in [2.45, 2.75) is 31.2 Å². The number of hydrogen-bond donors (Lipinski definition) is 2. The number of hydrogen-bond acceptors (Lipinski definition) is 3. The highest BCUT2D eigenvalue weighted by Gasteiger charge is 2.62. The molecule has 2 amide bonds. The van der Waals surface area contributed by atoms with Crippen LogP contribution in [0.4, 0.5) is 5.69 Å². The van der Waals surface area contributed by atoms with Crippen LogP contribution in [-0.4, -0.2) is 35.8 Å². The van der Waals surface area contributed by atoms with Crippen molar-refractivity contribution in [1.82, 2.24) is 10.2 Å².